The average molecular weight is 419 g/mol. The molecule has 0 aliphatic heterocycles. The standard InChI is InChI=1S/C22H30N2O4S/c1-13-16(10-9-15-11-21(3,4)12-22(5,6)18(13)15)19(25)17-14(2)23-24(7)20(17)28-29(8,26)27/h9-10H,11-12H2,1-8H3. The van der Waals surface area contributed by atoms with Crippen molar-refractivity contribution in [2.75, 3.05) is 6.26 Å². The number of ketones is 1. The quantitative estimate of drug-likeness (QED) is 0.557. The van der Waals surface area contributed by atoms with Crippen LogP contribution in [-0.2, 0) is 29.0 Å². The first-order valence-corrected chi connectivity index (χ1v) is 11.6. The highest BCUT2D eigenvalue weighted by Crippen LogP contribution is 2.47. The Labute approximate surface area is 173 Å². The zero-order chi connectivity index (χ0) is 21.9. The molecule has 6 nitrogen and oxygen atoms in total. The molecule has 7 heteroatoms. The number of fused-ring (bicyclic) bond motifs is 1. The number of carbonyl (C=O) groups excluding carboxylic acids is 1. The second-order valence-corrected chi connectivity index (χ2v) is 11.3. The summed E-state index contributed by atoms with van der Waals surface area (Å²) in [6.45, 7) is 12.7. The second kappa shape index (κ2) is 6.69. The molecule has 0 unspecified atom stereocenters. The number of hydrogen-bond acceptors (Lipinski definition) is 5. The smallest absolute Gasteiger partial charge is 0.307 e. The molecule has 1 aromatic heterocycles. The highest BCUT2D eigenvalue weighted by molar-refractivity contribution is 7.86. The van der Waals surface area contributed by atoms with Gasteiger partial charge in [0, 0.05) is 12.6 Å². The fourth-order valence-corrected chi connectivity index (χ4v) is 5.72. The Bertz CT molecular complexity index is 1110. The van der Waals surface area contributed by atoms with E-state index in [-0.39, 0.29) is 28.1 Å². The van der Waals surface area contributed by atoms with Gasteiger partial charge in [0.05, 0.1) is 11.9 Å². The Hall–Kier alpha value is -2.15. The van der Waals surface area contributed by atoms with E-state index in [0.29, 0.717) is 11.3 Å². The van der Waals surface area contributed by atoms with Crippen molar-refractivity contribution in [2.24, 2.45) is 12.5 Å². The molecule has 0 radical (unpaired) electrons. The van der Waals surface area contributed by atoms with Crippen LogP contribution in [0.2, 0.25) is 0 Å². The topological polar surface area (TPSA) is 78.3 Å². The summed E-state index contributed by atoms with van der Waals surface area (Å²) in [6, 6.07) is 3.89. The van der Waals surface area contributed by atoms with Crippen molar-refractivity contribution in [1.29, 1.82) is 0 Å². The van der Waals surface area contributed by atoms with Crippen molar-refractivity contribution in [2.45, 2.75) is 59.8 Å². The molecular formula is C22H30N2O4S. The summed E-state index contributed by atoms with van der Waals surface area (Å²) in [4.78, 5) is 13.5. The van der Waals surface area contributed by atoms with Crippen LogP contribution in [0.25, 0.3) is 0 Å². The predicted octanol–water partition coefficient (Wildman–Crippen LogP) is 3.86. The minimum Gasteiger partial charge on any atom is -0.361 e. The van der Waals surface area contributed by atoms with E-state index in [1.807, 2.05) is 19.1 Å². The first kappa shape index (κ1) is 21.6. The van der Waals surface area contributed by atoms with Crippen LogP contribution >= 0.6 is 0 Å². The number of nitrogens with zero attached hydrogens (tertiary/aromatic N) is 2. The van der Waals surface area contributed by atoms with Crippen LogP contribution in [-0.4, -0.2) is 30.2 Å². The van der Waals surface area contributed by atoms with E-state index in [1.54, 1.807) is 14.0 Å². The molecule has 158 valence electrons. The van der Waals surface area contributed by atoms with Crippen LogP contribution in [0.4, 0.5) is 0 Å². The molecule has 0 fully saturated rings. The van der Waals surface area contributed by atoms with Crippen LogP contribution < -0.4 is 4.18 Å². The fourth-order valence-electron chi connectivity index (χ4n) is 5.24. The third kappa shape index (κ3) is 3.97. The molecule has 0 atom stereocenters. The summed E-state index contributed by atoms with van der Waals surface area (Å²) in [6.07, 6.45) is 2.95. The van der Waals surface area contributed by atoms with Crippen molar-refractivity contribution in [3.05, 3.63) is 45.6 Å². The third-order valence-corrected chi connectivity index (χ3v) is 6.15. The Balaban J connectivity index is 2.17. The van der Waals surface area contributed by atoms with Gasteiger partial charge in [-0.05, 0) is 54.2 Å². The van der Waals surface area contributed by atoms with E-state index in [9.17, 15) is 13.2 Å². The average Bonchev–Trinajstić information content (AvgIpc) is 2.76. The zero-order valence-corrected chi connectivity index (χ0v) is 19.3. The van der Waals surface area contributed by atoms with Gasteiger partial charge < -0.3 is 4.18 Å². The fraction of sp³-hybridized carbons (Fsp3) is 0.545. The molecule has 0 N–H and O–H groups in total. The van der Waals surface area contributed by atoms with Crippen LogP contribution in [0, 0.1) is 19.3 Å². The van der Waals surface area contributed by atoms with Gasteiger partial charge in [0.2, 0.25) is 11.7 Å². The van der Waals surface area contributed by atoms with E-state index >= 15 is 0 Å². The first-order valence-electron chi connectivity index (χ1n) is 9.74. The van der Waals surface area contributed by atoms with Gasteiger partial charge >= 0.3 is 10.1 Å². The third-order valence-electron chi connectivity index (χ3n) is 5.69. The molecule has 0 bridgehead atoms. The van der Waals surface area contributed by atoms with E-state index < -0.39 is 10.1 Å². The molecule has 0 amide bonds. The second-order valence-electron chi connectivity index (χ2n) is 9.68. The van der Waals surface area contributed by atoms with Crippen molar-refractivity contribution >= 4 is 15.9 Å². The largest absolute Gasteiger partial charge is 0.361 e. The molecule has 1 aliphatic carbocycles. The number of benzene rings is 1. The van der Waals surface area contributed by atoms with Gasteiger partial charge in [-0.25, -0.2) is 4.68 Å². The monoisotopic (exact) mass is 418 g/mol. The highest BCUT2D eigenvalue weighted by Gasteiger charge is 2.39. The van der Waals surface area contributed by atoms with Crippen molar-refractivity contribution in [1.82, 2.24) is 9.78 Å². The van der Waals surface area contributed by atoms with Crippen LogP contribution in [0.5, 0.6) is 5.88 Å². The maximum absolute atomic E-state index is 13.5. The zero-order valence-electron chi connectivity index (χ0n) is 18.5. The molecule has 1 heterocycles. The molecule has 0 spiro atoms. The minimum atomic E-state index is -3.79. The lowest BCUT2D eigenvalue weighted by atomic mass is 9.61. The molecule has 2 aromatic rings. The van der Waals surface area contributed by atoms with E-state index in [2.05, 4.69) is 32.8 Å². The van der Waals surface area contributed by atoms with Gasteiger partial charge in [0.15, 0.2) is 0 Å². The Morgan fingerprint density at radius 2 is 1.79 bits per heavy atom. The van der Waals surface area contributed by atoms with Crippen molar-refractivity contribution in [3.63, 3.8) is 0 Å². The Morgan fingerprint density at radius 1 is 1.17 bits per heavy atom. The first-order chi connectivity index (χ1) is 13.1. The maximum Gasteiger partial charge on any atom is 0.307 e. The molecule has 1 aliphatic rings. The van der Waals surface area contributed by atoms with Gasteiger partial charge in [-0.3, -0.25) is 4.79 Å². The Morgan fingerprint density at radius 3 is 2.38 bits per heavy atom. The molecule has 1 aromatic carbocycles. The van der Waals surface area contributed by atoms with Gasteiger partial charge in [0.25, 0.3) is 0 Å². The summed E-state index contributed by atoms with van der Waals surface area (Å²) >= 11 is 0. The minimum absolute atomic E-state index is 0.0486. The van der Waals surface area contributed by atoms with Gasteiger partial charge in [0.1, 0.15) is 5.56 Å². The summed E-state index contributed by atoms with van der Waals surface area (Å²) in [5, 5.41) is 4.21. The Kier molecular flexibility index (Phi) is 4.97. The van der Waals surface area contributed by atoms with Crippen LogP contribution in [0.1, 0.15) is 72.4 Å². The summed E-state index contributed by atoms with van der Waals surface area (Å²) in [5.41, 5.74) is 4.76. The number of aryl methyl sites for hydroxylation is 2. The molecular weight excluding hydrogens is 388 g/mol. The van der Waals surface area contributed by atoms with Crippen LogP contribution in [0.3, 0.4) is 0 Å². The number of aromatic nitrogens is 2. The molecule has 3 rings (SSSR count). The normalized spacial score (nSPS) is 17.7. The van der Waals surface area contributed by atoms with E-state index in [1.165, 1.54) is 15.8 Å². The summed E-state index contributed by atoms with van der Waals surface area (Å²) < 4.78 is 29.8. The highest BCUT2D eigenvalue weighted by atomic mass is 32.2. The molecule has 29 heavy (non-hydrogen) atoms. The van der Waals surface area contributed by atoms with Gasteiger partial charge in [-0.2, -0.15) is 13.5 Å². The lowest BCUT2D eigenvalue weighted by Crippen LogP contribution is -2.36. The lowest BCUT2D eigenvalue weighted by Gasteiger charge is -2.43. The van der Waals surface area contributed by atoms with Crippen molar-refractivity contribution in [3.8, 4) is 5.88 Å². The van der Waals surface area contributed by atoms with Gasteiger partial charge in [-0.15, -0.1) is 0 Å². The SMILES string of the molecule is Cc1nn(C)c(OS(C)(=O)=O)c1C(=O)c1ccc2c(c1C)C(C)(C)CC(C)(C)C2. The number of hydrogen-bond donors (Lipinski definition) is 0. The molecule has 0 saturated heterocycles. The maximum atomic E-state index is 13.5. The number of carbonyl (C=O) groups is 1. The summed E-state index contributed by atoms with van der Waals surface area (Å²) in [7, 11) is -2.23. The van der Waals surface area contributed by atoms with Crippen LogP contribution in [0.15, 0.2) is 12.1 Å². The van der Waals surface area contributed by atoms with E-state index in [0.717, 1.165) is 24.7 Å². The summed E-state index contributed by atoms with van der Waals surface area (Å²) in [5.74, 6) is -0.317. The number of rotatable bonds is 4. The van der Waals surface area contributed by atoms with Crippen molar-refractivity contribution < 1.29 is 17.4 Å². The van der Waals surface area contributed by atoms with Gasteiger partial charge in [-0.1, -0.05) is 39.8 Å². The lowest BCUT2D eigenvalue weighted by molar-refractivity contribution is 0.103. The predicted molar refractivity (Wildman–Crippen MR) is 113 cm³/mol. The molecule has 0 saturated carbocycles. The van der Waals surface area contributed by atoms with E-state index in [4.69, 9.17) is 4.18 Å².